The lowest BCUT2D eigenvalue weighted by atomic mass is 10.0. The van der Waals surface area contributed by atoms with E-state index >= 15 is 0 Å². The highest BCUT2D eigenvalue weighted by atomic mass is 32.2. The Kier molecular flexibility index (Phi) is 6.90. The maximum Gasteiger partial charge on any atom is 0.276 e. The number of amides is 2. The van der Waals surface area contributed by atoms with Gasteiger partial charge in [-0.15, -0.1) is 29.5 Å². The van der Waals surface area contributed by atoms with Crippen LogP contribution in [0.15, 0.2) is 46.3 Å². The monoisotopic (exact) mass is 513 g/mol. The van der Waals surface area contributed by atoms with Crippen LogP contribution in [0.3, 0.4) is 0 Å². The topological polar surface area (TPSA) is 180 Å². The molecule has 4 heterocycles. The Morgan fingerprint density at radius 2 is 2.26 bits per heavy atom. The molecule has 0 radical (unpaired) electrons. The number of nitrogens with one attached hydrogen (secondary N) is 1. The second-order valence-electron chi connectivity index (χ2n) is 7.40. The zero-order valence-electron chi connectivity index (χ0n) is 18.0. The number of thiazole rings is 1. The Labute approximate surface area is 207 Å². The lowest BCUT2D eigenvalue weighted by Gasteiger charge is -2.50. The number of aromatic nitrogens is 2. The number of fused-ring (bicyclic) bond motifs is 1. The maximum atomic E-state index is 12.9. The minimum Gasteiger partial charge on any atom is -0.543 e. The number of nitrogen functional groups attached to an aromatic ring is 2. The normalized spacial score (nSPS) is 19.5. The van der Waals surface area contributed by atoms with Crippen molar-refractivity contribution in [2.24, 2.45) is 5.16 Å². The van der Waals surface area contributed by atoms with Crippen molar-refractivity contribution < 1.29 is 28.9 Å². The third-order valence-corrected chi connectivity index (χ3v) is 7.08. The average Bonchev–Trinajstić information content (AvgIpc) is 3.25. The van der Waals surface area contributed by atoms with Crippen LogP contribution in [0, 0.1) is 12.3 Å². The molecule has 0 aliphatic carbocycles. The number of carboxylic acid groups (broad SMARTS) is 1. The van der Waals surface area contributed by atoms with Gasteiger partial charge in [0.15, 0.2) is 36.4 Å². The number of terminal acetylenes is 1. The van der Waals surface area contributed by atoms with Crippen molar-refractivity contribution >= 4 is 57.4 Å². The molecule has 1 unspecified atom stereocenters. The van der Waals surface area contributed by atoms with Gasteiger partial charge in [0.2, 0.25) is 0 Å². The summed E-state index contributed by atoms with van der Waals surface area (Å²) < 4.78 is 1.72. The Morgan fingerprint density at radius 3 is 2.91 bits per heavy atom. The molecule has 0 bridgehead atoms. The van der Waals surface area contributed by atoms with E-state index in [0.29, 0.717) is 17.0 Å². The molecule has 2 amide bonds. The molecule has 2 aliphatic rings. The number of rotatable bonds is 8. The molecule has 14 heteroatoms. The van der Waals surface area contributed by atoms with Crippen LogP contribution in [0.4, 0.5) is 10.8 Å². The van der Waals surface area contributed by atoms with E-state index in [4.69, 9.17) is 22.7 Å². The number of carboxylic acids is 1. The van der Waals surface area contributed by atoms with Crippen molar-refractivity contribution in [3.63, 3.8) is 0 Å². The molecular weight excluding hydrogens is 494 g/mol. The highest BCUT2D eigenvalue weighted by Crippen LogP contribution is 2.40. The fraction of sp³-hybridized carbons (Fsp3) is 0.238. The molecule has 0 saturated carbocycles. The molecule has 2 aromatic heterocycles. The molecule has 4 rings (SSSR count). The number of aliphatic carboxylic acids is 1. The fourth-order valence-electron chi connectivity index (χ4n) is 3.60. The van der Waals surface area contributed by atoms with Gasteiger partial charge in [-0.05, 0) is 6.07 Å². The van der Waals surface area contributed by atoms with Gasteiger partial charge in [-0.2, -0.15) is 4.57 Å². The smallest absolute Gasteiger partial charge is 0.276 e. The Hall–Kier alpha value is -4.09. The van der Waals surface area contributed by atoms with Gasteiger partial charge in [-0.1, -0.05) is 11.1 Å². The third kappa shape index (κ3) is 4.91. The molecule has 180 valence electrons. The van der Waals surface area contributed by atoms with Gasteiger partial charge in [0, 0.05) is 22.8 Å². The van der Waals surface area contributed by atoms with Gasteiger partial charge in [0.25, 0.3) is 11.8 Å². The summed E-state index contributed by atoms with van der Waals surface area (Å²) in [5, 5.41) is 19.4. The van der Waals surface area contributed by atoms with Crippen LogP contribution in [-0.4, -0.2) is 57.2 Å². The van der Waals surface area contributed by atoms with Gasteiger partial charge >= 0.3 is 0 Å². The summed E-state index contributed by atoms with van der Waals surface area (Å²) in [6, 6.07) is 2.45. The molecule has 1 fully saturated rings. The number of oxime groups is 1. The van der Waals surface area contributed by atoms with Crippen molar-refractivity contribution in [3.05, 3.63) is 46.9 Å². The maximum absolute atomic E-state index is 12.9. The highest BCUT2D eigenvalue weighted by molar-refractivity contribution is 8.00. The Bertz CT molecular complexity index is 1300. The van der Waals surface area contributed by atoms with Gasteiger partial charge in [-0.25, -0.2) is 4.98 Å². The van der Waals surface area contributed by atoms with Crippen LogP contribution >= 0.6 is 23.1 Å². The fourth-order valence-corrected chi connectivity index (χ4v) is 5.48. The lowest BCUT2D eigenvalue weighted by Crippen LogP contribution is -2.71. The zero-order valence-corrected chi connectivity index (χ0v) is 19.7. The molecule has 2 atom stereocenters. The number of β-lactam (4-membered cyclic amide) rings is 1. The SMILES string of the molecule is C#CCO/N=C(/C(=O)NC1C(=O)N2C(C(=O)[O-])=C(C[n+]3cccc(N)c3)CS[C@H]12)c1csc(N)n1. The predicted octanol–water partition coefficient (Wildman–Crippen LogP) is -1.95. The van der Waals surface area contributed by atoms with Crippen LogP contribution in [0.2, 0.25) is 0 Å². The van der Waals surface area contributed by atoms with Crippen LogP contribution in [0.25, 0.3) is 0 Å². The van der Waals surface area contributed by atoms with Gasteiger partial charge in [0.1, 0.15) is 17.1 Å². The molecule has 35 heavy (non-hydrogen) atoms. The predicted molar refractivity (Wildman–Crippen MR) is 126 cm³/mol. The molecule has 5 N–H and O–H groups in total. The summed E-state index contributed by atoms with van der Waals surface area (Å²) in [5.74, 6) is -0.282. The molecule has 2 aliphatic heterocycles. The summed E-state index contributed by atoms with van der Waals surface area (Å²) >= 11 is 2.41. The first-order valence-electron chi connectivity index (χ1n) is 10.1. The van der Waals surface area contributed by atoms with E-state index in [9.17, 15) is 19.5 Å². The average molecular weight is 514 g/mol. The first-order valence-corrected chi connectivity index (χ1v) is 12.0. The number of carbonyl (C=O) groups is 3. The highest BCUT2D eigenvalue weighted by Gasteiger charge is 2.53. The second-order valence-corrected chi connectivity index (χ2v) is 9.39. The largest absolute Gasteiger partial charge is 0.543 e. The van der Waals surface area contributed by atoms with Gasteiger partial charge < -0.3 is 31.5 Å². The zero-order chi connectivity index (χ0) is 25.1. The van der Waals surface area contributed by atoms with E-state index < -0.39 is 29.2 Å². The number of nitrogens with zero attached hydrogens (tertiary/aromatic N) is 4. The second kappa shape index (κ2) is 10.0. The molecule has 2 aromatic rings. The minimum atomic E-state index is -1.48. The number of pyridine rings is 1. The van der Waals surface area contributed by atoms with Crippen molar-refractivity contribution in [1.82, 2.24) is 15.2 Å². The van der Waals surface area contributed by atoms with Gasteiger partial charge in [-0.3, -0.25) is 14.5 Å². The third-order valence-electron chi connectivity index (χ3n) is 5.07. The number of carbonyl (C=O) groups excluding carboxylic acids is 3. The number of thioether (sulfide) groups is 1. The Morgan fingerprint density at radius 1 is 1.46 bits per heavy atom. The van der Waals surface area contributed by atoms with E-state index in [1.807, 2.05) is 0 Å². The van der Waals surface area contributed by atoms with E-state index in [1.54, 1.807) is 29.1 Å². The van der Waals surface area contributed by atoms with Gasteiger partial charge in [0.05, 0.1) is 17.4 Å². The summed E-state index contributed by atoms with van der Waals surface area (Å²) in [7, 11) is 0. The molecule has 0 aromatic carbocycles. The van der Waals surface area contributed by atoms with E-state index in [1.165, 1.54) is 17.1 Å². The standard InChI is InChI=1S/C21H19N7O5S2/c1-2-6-33-26-14(13-10-35-21(23)24-13)17(29)25-15-18(30)28-16(20(31)32)11(9-34-19(15)28)7-27-5-3-4-12(22)8-27/h1,3-5,8,10,15,19H,6-7,9,22H2,(H3-,23,24,25,29,31,32)/b26-14+/t15?,19-/m1/s1. The first kappa shape index (κ1) is 24.0. The van der Waals surface area contributed by atoms with E-state index in [-0.39, 0.29) is 35.4 Å². The van der Waals surface area contributed by atoms with Crippen LogP contribution in [0.1, 0.15) is 5.69 Å². The van der Waals surface area contributed by atoms with Crippen molar-refractivity contribution in [1.29, 1.82) is 0 Å². The number of nitrogens with two attached hydrogens (primary N) is 2. The van der Waals surface area contributed by atoms with E-state index in [2.05, 4.69) is 21.4 Å². The van der Waals surface area contributed by atoms with Crippen molar-refractivity contribution in [3.8, 4) is 12.3 Å². The summed E-state index contributed by atoms with van der Waals surface area (Å²) in [6.07, 6.45) is 8.54. The summed E-state index contributed by atoms with van der Waals surface area (Å²) in [6.45, 7) is 0.0298. The van der Waals surface area contributed by atoms with Crippen LogP contribution in [0.5, 0.6) is 0 Å². The van der Waals surface area contributed by atoms with Crippen LogP contribution in [-0.2, 0) is 25.8 Å². The molecule has 1 saturated heterocycles. The van der Waals surface area contributed by atoms with Crippen LogP contribution < -0.4 is 26.5 Å². The van der Waals surface area contributed by atoms with E-state index in [0.717, 1.165) is 16.2 Å². The molecular formula is C21H19N7O5S2. The summed E-state index contributed by atoms with van der Waals surface area (Å²) in [4.78, 5) is 47.9. The lowest BCUT2D eigenvalue weighted by molar-refractivity contribution is -0.688. The minimum absolute atomic E-state index is 0.152. The van der Waals surface area contributed by atoms with Crippen molar-refractivity contribution in [2.45, 2.75) is 18.0 Å². The number of hydrogen-bond donors (Lipinski definition) is 3. The molecule has 0 spiro atoms. The van der Waals surface area contributed by atoms with Crippen molar-refractivity contribution in [2.75, 3.05) is 23.8 Å². The summed E-state index contributed by atoms with van der Waals surface area (Å²) in [5.41, 5.74) is 12.2. The first-order chi connectivity index (χ1) is 16.8. The number of anilines is 2. The Balaban J connectivity index is 1.53. The number of hydrogen-bond acceptors (Lipinski definition) is 11. The quantitative estimate of drug-likeness (QED) is 0.0903. The molecule has 12 nitrogen and oxygen atoms in total.